The lowest BCUT2D eigenvalue weighted by molar-refractivity contribution is -0.125. The quantitative estimate of drug-likeness (QED) is 0.631. The fraction of sp³-hybridized carbons (Fsp3) is 0.750. The first-order valence-electron chi connectivity index (χ1n) is 5.58. The van der Waals surface area contributed by atoms with Crippen LogP contribution in [-0.4, -0.2) is 23.9 Å². The lowest BCUT2D eigenvalue weighted by Crippen LogP contribution is -2.26. The highest BCUT2D eigenvalue weighted by molar-refractivity contribution is 5.87. The molecule has 0 aromatic carbocycles. The highest BCUT2D eigenvalue weighted by Crippen LogP contribution is 2.24. The summed E-state index contributed by atoms with van der Waals surface area (Å²) in [5.41, 5.74) is 0. The van der Waals surface area contributed by atoms with Crippen molar-refractivity contribution in [3.05, 3.63) is 12.7 Å². The first-order chi connectivity index (χ1) is 6.67. The van der Waals surface area contributed by atoms with Crippen LogP contribution in [0.15, 0.2) is 12.7 Å². The minimum atomic E-state index is 0.0941. The molecule has 2 nitrogen and oxygen atoms in total. The van der Waals surface area contributed by atoms with Gasteiger partial charge in [-0.25, -0.2) is 0 Å². The van der Waals surface area contributed by atoms with Gasteiger partial charge in [0.1, 0.15) is 0 Å². The Bertz CT molecular complexity index is 212. The molecule has 2 unspecified atom stereocenters. The van der Waals surface area contributed by atoms with E-state index in [2.05, 4.69) is 20.4 Å². The lowest BCUT2D eigenvalue weighted by Gasteiger charge is -2.16. The third-order valence-electron chi connectivity index (χ3n) is 3.20. The summed E-state index contributed by atoms with van der Waals surface area (Å²) in [4.78, 5) is 13.2. The molecule has 0 saturated carbocycles. The molecule has 0 bridgehead atoms. The maximum Gasteiger partial charge on any atom is 0.245 e. The first kappa shape index (κ1) is 11.3. The van der Waals surface area contributed by atoms with Gasteiger partial charge in [0.2, 0.25) is 5.91 Å². The van der Waals surface area contributed by atoms with Crippen LogP contribution in [0.2, 0.25) is 0 Å². The fourth-order valence-electron chi connectivity index (χ4n) is 2.09. The van der Waals surface area contributed by atoms with Gasteiger partial charge in [0.15, 0.2) is 0 Å². The van der Waals surface area contributed by atoms with Crippen molar-refractivity contribution in [1.29, 1.82) is 0 Å². The third-order valence-corrected chi connectivity index (χ3v) is 3.20. The SMILES string of the molecule is C=CC(=O)N1CCC(CC(C)CC)C1. The molecule has 0 aromatic rings. The van der Waals surface area contributed by atoms with Crippen molar-refractivity contribution in [1.82, 2.24) is 4.90 Å². The van der Waals surface area contributed by atoms with Crippen LogP contribution in [0.25, 0.3) is 0 Å². The molecular weight excluding hydrogens is 174 g/mol. The fourth-order valence-corrected chi connectivity index (χ4v) is 2.09. The van der Waals surface area contributed by atoms with Crippen LogP contribution < -0.4 is 0 Å². The smallest absolute Gasteiger partial charge is 0.245 e. The molecule has 0 aliphatic carbocycles. The van der Waals surface area contributed by atoms with Crippen molar-refractivity contribution >= 4 is 5.91 Å². The topological polar surface area (TPSA) is 20.3 Å². The van der Waals surface area contributed by atoms with E-state index in [0.717, 1.165) is 19.0 Å². The molecular formula is C12H21NO. The Kier molecular flexibility index (Phi) is 4.18. The Morgan fingerprint density at radius 1 is 1.71 bits per heavy atom. The molecule has 14 heavy (non-hydrogen) atoms. The van der Waals surface area contributed by atoms with Gasteiger partial charge in [-0.2, -0.15) is 0 Å². The largest absolute Gasteiger partial charge is 0.339 e. The minimum Gasteiger partial charge on any atom is -0.339 e. The van der Waals surface area contributed by atoms with E-state index in [9.17, 15) is 4.79 Å². The number of hydrogen-bond acceptors (Lipinski definition) is 1. The Morgan fingerprint density at radius 2 is 2.43 bits per heavy atom. The minimum absolute atomic E-state index is 0.0941. The molecule has 1 aliphatic heterocycles. The predicted octanol–water partition coefficient (Wildman–Crippen LogP) is 2.46. The summed E-state index contributed by atoms with van der Waals surface area (Å²) in [6, 6.07) is 0. The van der Waals surface area contributed by atoms with Gasteiger partial charge in [-0.3, -0.25) is 4.79 Å². The van der Waals surface area contributed by atoms with Crippen LogP contribution in [0.4, 0.5) is 0 Å². The predicted molar refractivity (Wildman–Crippen MR) is 59.0 cm³/mol. The monoisotopic (exact) mass is 195 g/mol. The Labute approximate surface area is 87.0 Å². The second kappa shape index (κ2) is 5.18. The summed E-state index contributed by atoms with van der Waals surface area (Å²) in [6.07, 6.45) is 5.10. The van der Waals surface area contributed by atoms with Gasteiger partial charge in [0.05, 0.1) is 0 Å². The van der Waals surface area contributed by atoms with Crippen LogP contribution in [0.1, 0.15) is 33.1 Å². The molecule has 0 radical (unpaired) electrons. The van der Waals surface area contributed by atoms with Crippen molar-refractivity contribution in [2.75, 3.05) is 13.1 Å². The van der Waals surface area contributed by atoms with Crippen molar-refractivity contribution in [3.8, 4) is 0 Å². The normalized spacial score (nSPS) is 23.6. The van der Waals surface area contributed by atoms with Gasteiger partial charge in [-0.05, 0) is 30.8 Å². The molecule has 1 aliphatic rings. The average molecular weight is 195 g/mol. The van der Waals surface area contributed by atoms with Gasteiger partial charge in [-0.1, -0.05) is 26.8 Å². The molecule has 1 amide bonds. The second-order valence-corrected chi connectivity index (χ2v) is 4.39. The van der Waals surface area contributed by atoms with Crippen LogP contribution in [0.5, 0.6) is 0 Å². The molecule has 0 spiro atoms. The lowest BCUT2D eigenvalue weighted by atomic mass is 9.93. The Morgan fingerprint density at radius 3 is 3.00 bits per heavy atom. The molecule has 2 atom stereocenters. The van der Waals surface area contributed by atoms with Crippen molar-refractivity contribution in [2.24, 2.45) is 11.8 Å². The van der Waals surface area contributed by atoms with Gasteiger partial charge < -0.3 is 4.90 Å². The van der Waals surface area contributed by atoms with E-state index >= 15 is 0 Å². The summed E-state index contributed by atoms with van der Waals surface area (Å²) in [7, 11) is 0. The van der Waals surface area contributed by atoms with E-state index in [0.29, 0.717) is 5.92 Å². The second-order valence-electron chi connectivity index (χ2n) is 4.39. The zero-order chi connectivity index (χ0) is 10.6. The Hall–Kier alpha value is -0.790. The number of hydrogen-bond donors (Lipinski definition) is 0. The molecule has 0 N–H and O–H groups in total. The summed E-state index contributed by atoms with van der Waals surface area (Å²) in [5.74, 6) is 1.60. The van der Waals surface area contributed by atoms with Crippen LogP contribution in [0.3, 0.4) is 0 Å². The zero-order valence-corrected chi connectivity index (χ0v) is 9.33. The van der Waals surface area contributed by atoms with Crippen molar-refractivity contribution in [2.45, 2.75) is 33.1 Å². The summed E-state index contributed by atoms with van der Waals surface area (Å²) >= 11 is 0. The molecule has 2 heteroatoms. The number of carbonyl (C=O) groups is 1. The number of carbonyl (C=O) groups excluding carboxylic acids is 1. The van der Waals surface area contributed by atoms with E-state index in [1.54, 1.807) is 0 Å². The van der Waals surface area contributed by atoms with Crippen LogP contribution in [0, 0.1) is 11.8 Å². The standard InChI is InChI=1S/C12H21NO/c1-4-10(3)8-11-6-7-13(9-11)12(14)5-2/h5,10-11H,2,4,6-9H2,1,3H3. The van der Waals surface area contributed by atoms with Crippen molar-refractivity contribution < 1.29 is 4.79 Å². The highest BCUT2D eigenvalue weighted by atomic mass is 16.2. The third kappa shape index (κ3) is 2.86. The van der Waals surface area contributed by atoms with Gasteiger partial charge in [-0.15, -0.1) is 0 Å². The molecule has 1 heterocycles. The van der Waals surface area contributed by atoms with E-state index in [1.807, 2.05) is 4.90 Å². The molecule has 1 saturated heterocycles. The van der Waals surface area contributed by atoms with Gasteiger partial charge >= 0.3 is 0 Å². The maximum absolute atomic E-state index is 11.3. The molecule has 0 aromatic heterocycles. The van der Waals surface area contributed by atoms with E-state index in [-0.39, 0.29) is 5.91 Å². The van der Waals surface area contributed by atoms with E-state index in [1.165, 1.54) is 25.3 Å². The van der Waals surface area contributed by atoms with Crippen LogP contribution in [-0.2, 0) is 4.79 Å². The first-order valence-corrected chi connectivity index (χ1v) is 5.58. The number of nitrogens with zero attached hydrogens (tertiary/aromatic N) is 1. The number of amides is 1. The average Bonchev–Trinajstić information content (AvgIpc) is 2.65. The number of rotatable bonds is 4. The molecule has 1 rings (SSSR count). The van der Waals surface area contributed by atoms with Crippen LogP contribution >= 0.6 is 0 Å². The molecule has 1 fully saturated rings. The zero-order valence-electron chi connectivity index (χ0n) is 9.33. The highest BCUT2D eigenvalue weighted by Gasteiger charge is 2.25. The molecule has 80 valence electrons. The summed E-state index contributed by atoms with van der Waals surface area (Å²) < 4.78 is 0. The maximum atomic E-state index is 11.3. The summed E-state index contributed by atoms with van der Waals surface area (Å²) in [6.45, 7) is 9.90. The Balaban J connectivity index is 2.34. The van der Waals surface area contributed by atoms with E-state index in [4.69, 9.17) is 0 Å². The number of likely N-dealkylation sites (tertiary alicyclic amines) is 1. The summed E-state index contributed by atoms with van der Waals surface area (Å²) in [5, 5.41) is 0. The van der Waals surface area contributed by atoms with Crippen molar-refractivity contribution in [3.63, 3.8) is 0 Å². The van der Waals surface area contributed by atoms with Gasteiger partial charge in [0, 0.05) is 13.1 Å². The van der Waals surface area contributed by atoms with E-state index < -0.39 is 0 Å². The van der Waals surface area contributed by atoms with Gasteiger partial charge in [0.25, 0.3) is 0 Å².